The Bertz CT molecular complexity index is 958. The van der Waals surface area contributed by atoms with E-state index >= 15 is 0 Å². The van der Waals surface area contributed by atoms with Gasteiger partial charge < -0.3 is 15.9 Å². The zero-order valence-electron chi connectivity index (χ0n) is 15.8. The first-order chi connectivity index (χ1) is 14.2. The molecular weight excluding hydrogens is 390 g/mol. The van der Waals surface area contributed by atoms with E-state index in [0.717, 1.165) is 16.9 Å². The molecule has 0 fully saturated rings. The maximum absolute atomic E-state index is 12.0. The molecule has 3 aromatic rings. The molecule has 0 unspecified atom stereocenters. The molecule has 0 spiro atoms. The van der Waals surface area contributed by atoms with Crippen LogP contribution in [0.5, 0.6) is 5.75 Å². The fourth-order valence-electron chi connectivity index (χ4n) is 2.28. The summed E-state index contributed by atoms with van der Waals surface area (Å²) in [5.41, 5.74) is 4.65. The SMILES string of the molecule is COc1ccc(/C=N/Nc2nnc(SCC(=O)NCc3ccccc3)n2N)cc1. The highest BCUT2D eigenvalue weighted by atomic mass is 32.2. The first-order valence-electron chi connectivity index (χ1n) is 8.73. The third kappa shape index (κ3) is 5.98. The van der Waals surface area contributed by atoms with Gasteiger partial charge >= 0.3 is 0 Å². The van der Waals surface area contributed by atoms with Gasteiger partial charge in [0.25, 0.3) is 5.95 Å². The minimum absolute atomic E-state index is 0.117. The number of nitrogen functional groups attached to an aromatic ring is 1. The quantitative estimate of drug-likeness (QED) is 0.213. The van der Waals surface area contributed by atoms with E-state index in [4.69, 9.17) is 10.6 Å². The van der Waals surface area contributed by atoms with Gasteiger partial charge in [-0.2, -0.15) is 5.10 Å². The predicted molar refractivity (Wildman–Crippen MR) is 113 cm³/mol. The van der Waals surface area contributed by atoms with Crippen molar-refractivity contribution in [3.8, 4) is 5.75 Å². The number of aromatic nitrogens is 3. The summed E-state index contributed by atoms with van der Waals surface area (Å²) in [6.07, 6.45) is 1.62. The molecule has 0 atom stereocenters. The van der Waals surface area contributed by atoms with Gasteiger partial charge in [-0.25, -0.2) is 10.1 Å². The Hall–Kier alpha value is -3.53. The molecule has 0 aliphatic rings. The zero-order valence-corrected chi connectivity index (χ0v) is 16.6. The molecule has 10 heteroatoms. The molecule has 3 rings (SSSR count). The van der Waals surface area contributed by atoms with Crippen molar-refractivity contribution in [3.05, 3.63) is 65.7 Å². The van der Waals surface area contributed by atoms with Crippen molar-refractivity contribution in [2.24, 2.45) is 5.10 Å². The topological polar surface area (TPSA) is 119 Å². The maximum Gasteiger partial charge on any atom is 0.264 e. The molecule has 0 saturated heterocycles. The van der Waals surface area contributed by atoms with Crippen LogP contribution in [-0.2, 0) is 11.3 Å². The molecule has 0 saturated carbocycles. The van der Waals surface area contributed by atoms with Crippen LogP contribution in [0.25, 0.3) is 0 Å². The predicted octanol–water partition coefficient (Wildman–Crippen LogP) is 1.85. The molecule has 0 aliphatic heterocycles. The monoisotopic (exact) mass is 411 g/mol. The summed E-state index contributed by atoms with van der Waals surface area (Å²) in [5, 5.41) is 15.3. The van der Waals surface area contributed by atoms with Crippen LogP contribution >= 0.6 is 11.8 Å². The zero-order chi connectivity index (χ0) is 20.5. The van der Waals surface area contributed by atoms with Gasteiger partial charge in [0.2, 0.25) is 11.1 Å². The van der Waals surface area contributed by atoms with Crippen molar-refractivity contribution in [2.45, 2.75) is 11.7 Å². The second-order valence-electron chi connectivity index (χ2n) is 5.87. The maximum atomic E-state index is 12.0. The van der Waals surface area contributed by atoms with E-state index in [1.807, 2.05) is 54.6 Å². The normalized spacial score (nSPS) is 10.8. The number of nitrogens with zero attached hydrogens (tertiary/aromatic N) is 4. The van der Waals surface area contributed by atoms with Gasteiger partial charge in [-0.3, -0.25) is 4.79 Å². The highest BCUT2D eigenvalue weighted by Crippen LogP contribution is 2.16. The average Bonchev–Trinajstić information content (AvgIpc) is 3.11. The Labute approximate surface area is 172 Å². The minimum atomic E-state index is -0.117. The Morgan fingerprint density at radius 3 is 2.69 bits per heavy atom. The number of benzene rings is 2. The van der Waals surface area contributed by atoms with E-state index < -0.39 is 0 Å². The van der Waals surface area contributed by atoms with Crippen molar-refractivity contribution in [1.82, 2.24) is 20.2 Å². The van der Waals surface area contributed by atoms with Crippen molar-refractivity contribution in [2.75, 3.05) is 24.1 Å². The first-order valence-corrected chi connectivity index (χ1v) is 9.71. The largest absolute Gasteiger partial charge is 0.497 e. The van der Waals surface area contributed by atoms with Crippen LogP contribution in [-0.4, -0.2) is 39.9 Å². The van der Waals surface area contributed by atoms with Crippen LogP contribution in [0.2, 0.25) is 0 Å². The van der Waals surface area contributed by atoms with Crippen LogP contribution < -0.4 is 21.3 Å². The van der Waals surface area contributed by atoms with Crippen LogP contribution in [0, 0.1) is 0 Å². The Morgan fingerprint density at radius 2 is 1.97 bits per heavy atom. The standard InChI is InChI=1S/C19H21N7O2S/c1-28-16-9-7-15(8-10-16)12-22-23-18-24-25-19(26(18)20)29-13-17(27)21-11-14-5-3-2-4-6-14/h2-10,12H,11,13,20H2,1H3,(H,21,27)(H,23,24)/b22-12+. The molecule has 0 bridgehead atoms. The minimum Gasteiger partial charge on any atom is -0.497 e. The fourth-order valence-corrected chi connectivity index (χ4v) is 2.97. The van der Waals surface area contributed by atoms with Crippen molar-refractivity contribution in [3.63, 3.8) is 0 Å². The number of hydrazone groups is 1. The Morgan fingerprint density at radius 1 is 1.21 bits per heavy atom. The van der Waals surface area contributed by atoms with Gasteiger partial charge in [0.05, 0.1) is 19.1 Å². The number of carbonyl (C=O) groups excluding carboxylic acids is 1. The number of nitrogens with one attached hydrogen (secondary N) is 2. The lowest BCUT2D eigenvalue weighted by Gasteiger charge is -2.05. The van der Waals surface area contributed by atoms with Gasteiger partial charge in [-0.1, -0.05) is 42.1 Å². The number of ether oxygens (including phenoxy) is 1. The Kier molecular flexibility index (Phi) is 7.06. The Balaban J connectivity index is 1.47. The smallest absolute Gasteiger partial charge is 0.264 e. The number of rotatable bonds is 9. The molecule has 1 heterocycles. The molecule has 2 aromatic carbocycles. The lowest BCUT2D eigenvalue weighted by atomic mass is 10.2. The lowest BCUT2D eigenvalue weighted by Crippen LogP contribution is -2.25. The summed E-state index contributed by atoms with van der Waals surface area (Å²) >= 11 is 1.19. The summed E-state index contributed by atoms with van der Waals surface area (Å²) < 4.78 is 6.36. The lowest BCUT2D eigenvalue weighted by molar-refractivity contribution is -0.118. The van der Waals surface area contributed by atoms with Crippen molar-refractivity contribution < 1.29 is 9.53 Å². The van der Waals surface area contributed by atoms with Gasteiger partial charge in [-0.05, 0) is 35.4 Å². The highest BCUT2D eigenvalue weighted by Gasteiger charge is 2.11. The number of hydrogen-bond donors (Lipinski definition) is 3. The van der Waals surface area contributed by atoms with Gasteiger partial charge in [-0.15, -0.1) is 10.2 Å². The summed E-state index contributed by atoms with van der Waals surface area (Å²) in [5.74, 6) is 7.05. The van der Waals surface area contributed by atoms with Crippen LogP contribution in [0.15, 0.2) is 64.9 Å². The number of anilines is 1. The summed E-state index contributed by atoms with van der Waals surface area (Å²) in [6.45, 7) is 0.475. The average molecular weight is 411 g/mol. The van der Waals surface area contributed by atoms with Crippen LogP contribution in [0.1, 0.15) is 11.1 Å². The second kappa shape index (κ2) is 10.1. The molecular formula is C19H21N7O2S. The number of hydrogen-bond acceptors (Lipinski definition) is 8. The summed E-state index contributed by atoms with van der Waals surface area (Å²) in [4.78, 5) is 12.0. The molecule has 1 amide bonds. The van der Waals surface area contributed by atoms with Crippen LogP contribution in [0.4, 0.5) is 5.95 Å². The van der Waals surface area contributed by atoms with E-state index in [0.29, 0.717) is 11.7 Å². The first kappa shape index (κ1) is 20.2. The highest BCUT2D eigenvalue weighted by molar-refractivity contribution is 7.99. The van der Waals surface area contributed by atoms with Crippen molar-refractivity contribution >= 4 is 29.8 Å². The van der Waals surface area contributed by atoms with E-state index in [9.17, 15) is 4.79 Å². The molecule has 0 radical (unpaired) electrons. The molecule has 4 N–H and O–H groups in total. The van der Waals surface area contributed by atoms with E-state index in [2.05, 4.69) is 26.0 Å². The second-order valence-corrected chi connectivity index (χ2v) is 6.81. The number of amides is 1. The molecule has 1 aromatic heterocycles. The van der Waals surface area contributed by atoms with E-state index in [1.165, 1.54) is 16.4 Å². The van der Waals surface area contributed by atoms with Crippen LogP contribution in [0.3, 0.4) is 0 Å². The van der Waals surface area contributed by atoms with Crippen molar-refractivity contribution in [1.29, 1.82) is 0 Å². The molecule has 9 nitrogen and oxygen atoms in total. The summed E-state index contributed by atoms with van der Waals surface area (Å²) in [7, 11) is 1.61. The van der Waals surface area contributed by atoms with Gasteiger partial charge in [0.15, 0.2) is 0 Å². The molecule has 29 heavy (non-hydrogen) atoms. The van der Waals surface area contributed by atoms with Gasteiger partial charge in [0.1, 0.15) is 5.75 Å². The molecule has 150 valence electrons. The third-order valence-corrected chi connectivity index (χ3v) is 4.77. The number of methoxy groups -OCH3 is 1. The number of thioether (sulfide) groups is 1. The summed E-state index contributed by atoms with van der Waals surface area (Å²) in [6, 6.07) is 17.1. The fraction of sp³-hybridized carbons (Fsp3) is 0.158. The third-order valence-electron chi connectivity index (χ3n) is 3.82. The van der Waals surface area contributed by atoms with Gasteiger partial charge in [0, 0.05) is 6.54 Å². The number of nitrogens with two attached hydrogens (primary N) is 1. The molecule has 0 aliphatic carbocycles. The van der Waals surface area contributed by atoms with E-state index in [1.54, 1.807) is 13.3 Å². The number of carbonyl (C=O) groups is 1. The van der Waals surface area contributed by atoms with E-state index in [-0.39, 0.29) is 17.6 Å².